The van der Waals surface area contributed by atoms with Crippen LogP contribution in [0.3, 0.4) is 0 Å². The first-order valence-electron chi connectivity index (χ1n) is 10.8. The number of imide groups is 1. The zero-order valence-electron chi connectivity index (χ0n) is 17.9. The Morgan fingerprint density at radius 1 is 1.17 bits per heavy atom. The van der Waals surface area contributed by atoms with Crippen LogP contribution < -0.4 is 5.32 Å². The molecular formula is C23H30N2O5. The summed E-state index contributed by atoms with van der Waals surface area (Å²) < 4.78 is 5.33. The number of esters is 1. The first-order chi connectivity index (χ1) is 14.3. The lowest BCUT2D eigenvalue weighted by atomic mass is 9.86. The molecule has 0 saturated heterocycles. The quantitative estimate of drug-likeness (QED) is 0.546. The summed E-state index contributed by atoms with van der Waals surface area (Å²) in [5.41, 5.74) is 0.654. The molecule has 2 aliphatic rings. The van der Waals surface area contributed by atoms with E-state index in [0.717, 1.165) is 32.1 Å². The van der Waals surface area contributed by atoms with Crippen LogP contribution in [0.25, 0.3) is 0 Å². The first kappa shape index (κ1) is 22.0. The van der Waals surface area contributed by atoms with Crippen LogP contribution in [-0.2, 0) is 9.53 Å². The number of unbranched alkanes of at least 4 members (excludes halogenated alkanes) is 1. The fourth-order valence-corrected chi connectivity index (χ4v) is 4.05. The van der Waals surface area contributed by atoms with E-state index in [4.69, 9.17) is 4.74 Å². The summed E-state index contributed by atoms with van der Waals surface area (Å²) in [5.74, 6) is -1.33. The van der Waals surface area contributed by atoms with Crippen LogP contribution in [0.2, 0.25) is 0 Å². The summed E-state index contributed by atoms with van der Waals surface area (Å²) in [5, 5.41) is 2.98. The van der Waals surface area contributed by atoms with E-state index >= 15 is 0 Å². The Bertz CT molecular complexity index is 850. The van der Waals surface area contributed by atoms with Gasteiger partial charge in [-0.15, -0.1) is 0 Å². The summed E-state index contributed by atoms with van der Waals surface area (Å²) in [6.45, 7) is 6.00. The SMILES string of the molecule is CCCCN1C(=O)c2ccc(C(=O)O[C@@H](C)C(=O)N[C@@H]3CCCC[C@@H]3C)cc2C1=O. The van der Waals surface area contributed by atoms with Gasteiger partial charge in [0.2, 0.25) is 0 Å². The molecule has 1 N–H and O–H groups in total. The molecule has 162 valence electrons. The van der Waals surface area contributed by atoms with Crippen molar-refractivity contribution >= 4 is 23.7 Å². The lowest BCUT2D eigenvalue weighted by Crippen LogP contribution is -2.46. The zero-order chi connectivity index (χ0) is 21.8. The van der Waals surface area contributed by atoms with Gasteiger partial charge in [-0.2, -0.15) is 0 Å². The molecule has 1 aromatic rings. The Hall–Kier alpha value is -2.70. The molecule has 30 heavy (non-hydrogen) atoms. The molecule has 0 unspecified atom stereocenters. The maximum absolute atomic E-state index is 12.6. The highest BCUT2D eigenvalue weighted by Crippen LogP contribution is 2.26. The average molecular weight is 415 g/mol. The standard InChI is InChI=1S/C23H30N2O5/c1-4-5-12-25-21(27)17-11-10-16(13-18(17)22(25)28)23(29)30-15(3)20(26)24-19-9-7-6-8-14(19)2/h10-11,13-15,19H,4-9,12H2,1-3H3,(H,24,26)/t14-,15-,19+/m0/s1. The fourth-order valence-electron chi connectivity index (χ4n) is 4.05. The van der Waals surface area contributed by atoms with E-state index < -0.39 is 18.0 Å². The van der Waals surface area contributed by atoms with Crippen molar-refractivity contribution in [3.05, 3.63) is 34.9 Å². The Kier molecular flexibility index (Phi) is 6.90. The number of ether oxygens (including phenoxy) is 1. The van der Waals surface area contributed by atoms with E-state index in [-0.39, 0.29) is 29.0 Å². The number of fused-ring (bicyclic) bond motifs is 1. The summed E-state index contributed by atoms with van der Waals surface area (Å²) in [7, 11) is 0. The van der Waals surface area contributed by atoms with Crippen molar-refractivity contribution in [2.75, 3.05) is 6.54 Å². The van der Waals surface area contributed by atoms with E-state index in [1.54, 1.807) is 0 Å². The summed E-state index contributed by atoms with van der Waals surface area (Å²) >= 11 is 0. The van der Waals surface area contributed by atoms with Crippen LogP contribution in [-0.4, -0.2) is 47.3 Å². The number of hydrogen-bond donors (Lipinski definition) is 1. The first-order valence-corrected chi connectivity index (χ1v) is 10.8. The van der Waals surface area contributed by atoms with Gasteiger partial charge >= 0.3 is 5.97 Å². The number of benzene rings is 1. The second-order valence-corrected chi connectivity index (χ2v) is 8.30. The summed E-state index contributed by atoms with van der Waals surface area (Å²) in [4.78, 5) is 51.2. The number of rotatable bonds is 7. The van der Waals surface area contributed by atoms with E-state index in [9.17, 15) is 19.2 Å². The van der Waals surface area contributed by atoms with Crippen LogP contribution in [0.4, 0.5) is 0 Å². The lowest BCUT2D eigenvalue weighted by molar-refractivity contribution is -0.130. The van der Waals surface area contributed by atoms with Gasteiger partial charge in [0, 0.05) is 12.6 Å². The monoisotopic (exact) mass is 414 g/mol. The molecule has 0 radical (unpaired) electrons. The van der Waals surface area contributed by atoms with Crippen molar-refractivity contribution < 1.29 is 23.9 Å². The van der Waals surface area contributed by atoms with Gasteiger partial charge in [-0.25, -0.2) is 4.79 Å². The smallest absolute Gasteiger partial charge is 0.338 e. The Balaban J connectivity index is 1.64. The molecule has 1 heterocycles. The topological polar surface area (TPSA) is 92.8 Å². The van der Waals surface area contributed by atoms with Crippen molar-refractivity contribution in [2.45, 2.75) is 71.4 Å². The molecule has 1 aromatic carbocycles. The predicted molar refractivity (Wildman–Crippen MR) is 111 cm³/mol. The zero-order valence-corrected chi connectivity index (χ0v) is 17.9. The molecule has 0 aromatic heterocycles. The molecular weight excluding hydrogens is 384 g/mol. The van der Waals surface area contributed by atoms with E-state index in [0.29, 0.717) is 18.0 Å². The lowest BCUT2D eigenvalue weighted by Gasteiger charge is -2.30. The molecule has 1 aliphatic carbocycles. The molecule has 3 amide bonds. The largest absolute Gasteiger partial charge is 0.449 e. The third-order valence-electron chi connectivity index (χ3n) is 6.03. The van der Waals surface area contributed by atoms with Crippen molar-refractivity contribution in [2.24, 2.45) is 5.92 Å². The van der Waals surface area contributed by atoms with Crippen molar-refractivity contribution in [1.82, 2.24) is 10.2 Å². The molecule has 1 saturated carbocycles. The molecule has 3 rings (SSSR count). The summed E-state index contributed by atoms with van der Waals surface area (Å²) in [6.07, 6.45) is 4.92. The normalized spacial score (nSPS) is 21.9. The predicted octanol–water partition coefficient (Wildman–Crippen LogP) is 3.32. The third-order valence-corrected chi connectivity index (χ3v) is 6.03. The highest BCUT2D eigenvalue weighted by molar-refractivity contribution is 6.22. The van der Waals surface area contributed by atoms with Gasteiger partial charge in [0.25, 0.3) is 17.7 Å². The van der Waals surface area contributed by atoms with Crippen LogP contribution in [0.1, 0.15) is 90.4 Å². The Labute approximate surface area is 177 Å². The molecule has 7 nitrogen and oxygen atoms in total. The van der Waals surface area contributed by atoms with E-state index in [2.05, 4.69) is 12.2 Å². The van der Waals surface area contributed by atoms with Gasteiger partial charge in [-0.1, -0.05) is 33.1 Å². The van der Waals surface area contributed by atoms with Crippen LogP contribution >= 0.6 is 0 Å². The minimum absolute atomic E-state index is 0.102. The molecule has 1 fully saturated rings. The number of nitrogens with zero attached hydrogens (tertiary/aromatic N) is 1. The van der Waals surface area contributed by atoms with Gasteiger partial charge in [-0.05, 0) is 50.3 Å². The van der Waals surface area contributed by atoms with Crippen molar-refractivity contribution in [3.63, 3.8) is 0 Å². The molecule has 1 aliphatic heterocycles. The summed E-state index contributed by atoms with van der Waals surface area (Å²) in [6, 6.07) is 4.43. The van der Waals surface area contributed by atoms with E-state index in [1.165, 1.54) is 36.4 Å². The number of amides is 3. The Morgan fingerprint density at radius 3 is 2.57 bits per heavy atom. The minimum Gasteiger partial charge on any atom is -0.449 e. The Morgan fingerprint density at radius 2 is 1.87 bits per heavy atom. The number of carbonyl (C=O) groups excluding carboxylic acids is 4. The third kappa shape index (κ3) is 4.55. The van der Waals surface area contributed by atoms with Gasteiger partial charge < -0.3 is 10.1 Å². The second kappa shape index (κ2) is 9.41. The van der Waals surface area contributed by atoms with Crippen molar-refractivity contribution in [1.29, 1.82) is 0 Å². The van der Waals surface area contributed by atoms with E-state index in [1.807, 2.05) is 6.92 Å². The molecule has 3 atom stereocenters. The van der Waals surface area contributed by atoms with Crippen LogP contribution in [0.15, 0.2) is 18.2 Å². The van der Waals surface area contributed by atoms with Gasteiger partial charge in [-0.3, -0.25) is 19.3 Å². The number of carbonyl (C=O) groups is 4. The highest BCUT2D eigenvalue weighted by atomic mass is 16.5. The highest BCUT2D eigenvalue weighted by Gasteiger charge is 2.36. The van der Waals surface area contributed by atoms with Gasteiger partial charge in [0.05, 0.1) is 16.7 Å². The van der Waals surface area contributed by atoms with Gasteiger partial charge in [0.1, 0.15) is 0 Å². The maximum atomic E-state index is 12.6. The number of hydrogen-bond acceptors (Lipinski definition) is 5. The molecule has 7 heteroatoms. The number of nitrogens with one attached hydrogen (secondary N) is 1. The van der Waals surface area contributed by atoms with Crippen molar-refractivity contribution in [3.8, 4) is 0 Å². The molecule has 0 spiro atoms. The fraction of sp³-hybridized carbons (Fsp3) is 0.565. The maximum Gasteiger partial charge on any atom is 0.338 e. The van der Waals surface area contributed by atoms with Crippen LogP contribution in [0, 0.1) is 5.92 Å². The van der Waals surface area contributed by atoms with Crippen LogP contribution in [0.5, 0.6) is 0 Å². The second-order valence-electron chi connectivity index (χ2n) is 8.30. The van der Waals surface area contributed by atoms with Gasteiger partial charge in [0.15, 0.2) is 6.10 Å². The minimum atomic E-state index is -0.946. The average Bonchev–Trinajstić information content (AvgIpc) is 2.97. The molecule has 0 bridgehead atoms.